The fourth-order valence-electron chi connectivity index (χ4n) is 1.79. The zero-order valence-corrected chi connectivity index (χ0v) is 9.56. The van der Waals surface area contributed by atoms with Gasteiger partial charge < -0.3 is 11.1 Å². The second kappa shape index (κ2) is 4.75. The van der Waals surface area contributed by atoms with Gasteiger partial charge in [-0.2, -0.15) is 5.26 Å². The number of nitrogens with one attached hydrogen (secondary N) is 2. The molecular formula is C12H12N4O2. The van der Waals surface area contributed by atoms with Gasteiger partial charge in [-0.3, -0.25) is 14.9 Å². The van der Waals surface area contributed by atoms with Crippen molar-refractivity contribution >= 4 is 23.2 Å². The topological polar surface area (TPSA) is 108 Å². The molecule has 1 aliphatic heterocycles. The first-order valence-electron chi connectivity index (χ1n) is 5.50. The molecule has 1 aromatic carbocycles. The lowest BCUT2D eigenvalue weighted by atomic mass is 10.1. The molecule has 1 aromatic rings. The number of nitrogen functional groups attached to an aromatic ring is 1. The van der Waals surface area contributed by atoms with Crippen LogP contribution in [0.1, 0.15) is 18.4 Å². The van der Waals surface area contributed by atoms with E-state index in [1.165, 1.54) is 0 Å². The van der Waals surface area contributed by atoms with E-state index in [0.29, 0.717) is 29.8 Å². The minimum atomic E-state index is -0.449. The van der Waals surface area contributed by atoms with Gasteiger partial charge in [-0.25, -0.2) is 0 Å². The lowest BCUT2D eigenvalue weighted by Gasteiger charge is -2.22. The predicted molar refractivity (Wildman–Crippen MR) is 65.4 cm³/mol. The molecule has 1 saturated heterocycles. The van der Waals surface area contributed by atoms with Crippen LogP contribution >= 0.6 is 0 Å². The molecule has 1 unspecified atom stereocenters. The summed E-state index contributed by atoms with van der Waals surface area (Å²) in [6.45, 7) is 0. The molecule has 1 fully saturated rings. The summed E-state index contributed by atoms with van der Waals surface area (Å²) in [4.78, 5) is 22.5. The molecule has 6 nitrogen and oxygen atoms in total. The van der Waals surface area contributed by atoms with E-state index in [1.54, 1.807) is 18.2 Å². The smallest absolute Gasteiger partial charge is 0.249 e. The summed E-state index contributed by atoms with van der Waals surface area (Å²) in [6, 6.07) is 6.38. The number of rotatable bonds is 2. The minimum Gasteiger partial charge on any atom is -0.398 e. The molecule has 1 atom stereocenters. The van der Waals surface area contributed by atoms with Gasteiger partial charge in [0.25, 0.3) is 0 Å². The molecule has 92 valence electrons. The molecule has 0 bridgehead atoms. The van der Waals surface area contributed by atoms with Gasteiger partial charge in [0.2, 0.25) is 11.8 Å². The third kappa shape index (κ3) is 2.40. The van der Waals surface area contributed by atoms with Crippen LogP contribution in [0.15, 0.2) is 18.2 Å². The van der Waals surface area contributed by atoms with Gasteiger partial charge in [-0.1, -0.05) is 0 Å². The molecule has 6 heteroatoms. The molecule has 2 amide bonds. The second-order valence-electron chi connectivity index (χ2n) is 4.06. The van der Waals surface area contributed by atoms with Gasteiger partial charge in [0.1, 0.15) is 12.1 Å². The summed E-state index contributed by atoms with van der Waals surface area (Å²) >= 11 is 0. The Morgan fingerprint density at radius 3 is 2.83 bits per heavy atom. The van der Waals surface area contributed by atoms with E-state index in [2.05, 4.69) is 10.6 Å². The fourth-order valence-corrected chi connectivity index (χ4v) is 1.79. The summed E-state index contributed by atoms with van der Waals surface area (Å²) in [7, 11) is 0. The van der Waals surface area contributed by atoms with Crippen molar-refractivity contribution in [1.29, 1.82) is 5.26 Å². The third-order valence-electron chi connectivity index (χ3n) is 2.75. The molecule has 2 rings (SSSR count). The number of carbonyl (C=O) groups is 2. The first kappa shape index (κ1) is 11.9. The van der Waals surface area contributed by atoms with Crippen molar-refractivity contribution in [3.8, 4) is 6.07 Å². The van der Waals surface area contributed by atoms with Crippen molar-refractivity contribution in [3.05, 3.63) is 23.8 Å². The maximum atomic E-state index is 11.5. The van der Waals surface area contributed by atoms with Crippen LogP contribution in [0.2, 0.25) is 0 Å². The maximum absolute atomic E-state index is 11.5. The number of piperidine rings is 1. The summed E-state index contributed by atoms with van der Waals surface area (Å²) < 4.78 is 0. The van der Waals surface area contributed by atoms with Crippen LogP contribution in [-0.2, 0) is 9.59 Å². The highest BCUT2D eigenvalue weighted by molar-refractivity contribution is 6.01. The lowest BCUT2D eigenvalue weighted by Crippen LogP contribution is -2.47. The van der Waals surface area contributed by atoms with Crippen molar-refractivity contribution in [2.45, 2.75) is 18.9 Å². The zero-order chi connectivity index (χ0) is 13.1. The standard InChI is InChI=1S/C12H12N4O2/c13-6-7-1-2-8(5-9(7)14)15-10-3-4-11(17)16-12(10)18/h1-2,5,10,15H,3-4,14H2,(H,16,17,18). The Labute approximate surface area is 104 Å². The number of anilines is 2. The average Bonchev–Trinajstić information content (AvgIpc) is 2.33. The number of amides is 2. The van der Waals surface area contributed by atoms with Crippen LogP contribution in [-0.4, -0.2) is 17.9 Å². The Morgan fingerprint density at radius 1 is 1.44 bits per heavy atom. The fraction of sp³-hybridized carbons (Fsp3) is 0.250. The molecular weight excluding hydrogens is 232 g/mol. The number of nitrogens with zero attached hydrogens (tertiary/aromatic N) is 1. The molecule has 0 aromatic heterocycles. The summed E-state index contributed by atoms with van der Waals surface area (Å²) in [5.41, 5.74) is 7.08. The van der Waals surface area contributed by atoms with Crippen molar-refractivity contribution < 1.29 is 9.59 Å². The first-order valence-corrected chi connectivity index (χ1v) is 5.50. The van der Waals surface area contributed by atoms with Crippen LogP contribution in [0.3, 0.4) is 0 Å². The highest BCUT2D eigenvalue weighted by Gasteiger charge is 2.26. The van der Waals surface area contributed by atoms with Gasteiger partial charge in [0.05, 0.1) is 11.3 Å². The Bertz CT molecular complexity index is 547. The number of imide groups is 1. The maximum Gasteiger partial charge on any atom is 0.249 e. The van der Waals surface area contributed by atoms with Crippen molar-refractivity contribution in [1.82, 2.24) is 5.32 Å². The molecule has 18 heavy (non-hydrogen) atoms. The second-order valence-corrected chi connectivity index (χ2v) is 4.06. The molecule has 0 aliphatic carbocycles. The summed E-state index contributed by atoms with van der Waals surface area (Å²) in [5.74, 6) is -0.591. The van der Waals surface area contributed by atoms with Crippen molar-refractivity contribution in [3.63, 3.8) is 0 Å². The number of carbonyl (C=O) groups excluding carboxylic acids is 2. The molecule has 0 spiro atoms. The summed E-state index contributed by atoms with van der Waals surface area (Å²) in [5, 5.41) is 14.0. The molecule has 1 heterocycles. The number of nitrogens with two attached hydrogens (primary N) is 1. The van der Waals surface area contributed by atoms with E-state index >= 15 is 0 Å². The number of hydrogen-bond donors (Lipinski definition) is 3. The monoisotopic (exact) mass is 244 g/mol. The van der Waals surface area contributed by atoms with E-state index in [9.17, 15) is 9.59 Å². The van der Waals surface area contributed by atoms with Gasteiger partial charge in [0, 0.05) is 12.1 Å². The van der Waals surface area contributed by atoms with Crippen LogP contribution in [0, 0.1) is 11.3 Å². The Balaban J connectivity index is 2.10. The predicted octanol–water partition coefficient (Wildman–Crippen LogP) is 0.358. The highest BCUT2D eigenvalue weighted by Crippen LogP contribution is 2.19. The van der Waals surface area contributed by atoms with E-state index in [1.807, 2.05) is 6.07 Å². The van der Waals surface area contributed by atoms with Crippen LogP contribution in [0.25, 0.3) is 0 Å². The SMILES string of the molecule is N#Cc1ccc(NC2CCC(=O)NC2=O)cc1N. The summed E-state index contributed by atoms with van der Waals surface area (Å²) in [6.07, 6.45) is 0.764. The largest absolute Gasteiger partial charge is 0.398 e. The van der Waals surface area contributed by atoms with E-state index < -0.39 is 6.04 Å². The normalized spacial score (nSPS) is 18.9. The minimum absolute atomic E-state index is 0.252. The average molecular weight is 244 g/mol. The Kier molecular flexibility index (Phi) is 3.15. The highest BCUT2D eigenvalue weighted by atomic mass is 16.2. The zero-order valence-electron chi connectivity index (χ0n) is 9.56. The van der Waals surface area contributed by atoms with E-state index in [-0.39, 0.29) is 11.8 Å². The van der Waals surface area contributed by atoms with Crippen LogP contribution in [0.5, 0.6) is 0 Å². The van der Waals surface area contributed by atoms with Crippen LogP contribution in [0.4, 0.5) is 11.4 Å². The van der Waals surface area contributed by atoms with E-state index in [0.717, 1.165) is 0 Å². The molecule has 0 saturated carbocycles. The quantitative estimate of drug-likeness (QED) is 0.514. The number of benzene rings is 1. The molecule has 4 N–H and O–H groups in total. The van der Waals surface area contributed by atoms with Crippen molar-refractivity contribution in [2.24, 2.45) is 0 Å². The lowest BCUT2D eigenvalue weighted by molar-refractivity contribution is -0.133. The molecule has 0 radical (unpaired) electrons. The van der Waals surface area contributed by atoms with Gasteiger partial charge in [-0.15, -0.1) is 0 Å². The number of nitriles is 1. The Hall–Kier alpha value is -2.55. The van der Waals surface area contributed by atoms with Gasteiger partial charge in [0.15, 0.2) is 0 Å². The molecule has 1 aliphatic rings. The van der Waals surface area contributed by atoms with Gasteiger partial charge in [-0.05, 0) is 24.6 Å². The Morgan fingerprint density at radius 2 is 2.22 bits per heavy atom. The van der Waals surface area contributed by atoms with Crippen molar-refractivity contribution in [2.75, 3.05) is 11.1 Å². The van der Waals surface area contributed by atoms with E-state index in [4.69, 9.17) is 11.0 Å². The first-order chi connectivity index (χ1) is 8.60. The van der Waals surface area contributed by atoms with Crippen LogP contribution < -0.4 is 16.4 Å². The van der Waals surface area contributed by atoms with Gasteiger partial charge >= 0.3 is 0 Å². The number of hydrogen-bond acceptors (Lipinski definition) is 5. The third-order valence-corrected chi connectivity index (χ3v) is 2.75.